The van der Waals surface area contributed by atoms with E-state index < -0.39 is 6.10 Å². The maximum absolute atomic E-state index is 12.4. The molecule has 0 saturated carbocycles. The average Bonchev–Trinajstić information content (AvgIpc) is 3.00. The Morgan fingerprint density at radius 3 is 2.50 bits per heavy atom. The number of benzene rings is 2. The number of phenols is 2. The zero-order valence-electron chi connectivity index (χ0n) is 15.3. The number of aromatic amines is 1. The number of rotatable bonds is 4. The second-order valence-corrected chi connectivity index (χ2v) is 7.11. The van der Waals surface area contributed by atoms with E-state index >= 15 is 0 Å². The van der Waals surface area contributed by atoms with Crippen LogP contribution in [0.3, 0.4) is 0 Å². The second-order valence-electron chi connectivity index (χ2n) is 7.11. The third-order valence-corrected chi connectivity index (χ3v) is 5.36. The van der Waals surface area contributed by atoms with E-state index in [2.05, 4.69) is 9.88 Å². The number of imidazole rings is 1. The normalized spacial score (nSPS) is 16.8. The lowest BCUT2D eigenvalue weighted by atomic mass is 10.0. The molecule has 8 heteroatoms. The van der Waals surface area contributed by atoms with Gasteiger partial charge in [0.2, 0.25) is 0 Å². The van der Waals surface area contributed by atoms with Gasteiger partial charge in [0.1, 0.15) is 0 Å². The molecule has 4 N–H and O–H groups in total. The molecule has 28 heavy (non-hydrogen) atoms. The van der Waals surface area contributed by atoms with E-state index in [0.717, 1.165) is 37.0 Å². The molecule has 3 aromatic rings. The predicted molar refractivity (Wildman–Crippen MR) is 109 cm³/mol. The Labute approximate surface area is 168 Å². The topological polar surface area (TPSA) is 102 Å². The van der Waals surface area contributed by atoms with Crippen LogP contribution in [0.25, 0.3) is 11.0 Å². The molecule has 4 rings (SSSR count). The van der Waals surface area contributed by atoms with E-state index in [1.54, 1.807) is 6.07 Å². The first-order chi connectivity index (χ1) is 13.0. The van der Waals surface area contributed by atoms with Crippen LogP contribution in [0.5, 0.6) is 11.5 Å². The number of aromatic nitrogens is 2. The molecular formula is C20H24ClN3O4. The van der Waals surface area contributed by atoms with Crippen LogP contribution in [-0.4, -0.2) is 49.4 Å². The van der Waals surface area contributed by atoms with Gasteiger partial charge in [-0.05, 0) is 42.7 Å². The molecule has 1 atom stereocenters. The first-order valence-electron chi connectivity index (χ1n) is 9.14. The number of piperidine rings is 1. The highest BCUT2D eigenvalue weighted by atomic mass is 35.5. The molecule has 0 bridgehead atoms. The molecule has 150 valence electrons. The molecule has 1 aromatic heterocycles. The van der Waals surface area contributed by atoms with Crippen molar-refractivity contribution in [3.05, 3.63) is 58.5 Å². The number of nitrogens with one attached hydrogen (secondary N) is 1. The van der Waals surface area contributed by atoms with Crippen LogP contribution in [0, 0.1) is 0 Å². The highest BCUT2D eigenvalue weighted by Crippen LogP contribution is 2.29. The van der Waals surface area contributed by atoms with Gasteiger partial charge in [-0.15, -0.1) is 12.4 Å². The van der Waals surface area contributed by atoms with Gasteiger partial charge in [0.15, 0.2) is 11.5 Å². The van der Waals surface area contributed by atoms with Gasteiger partial charge in [0.25, 0.3) is 0 Å². The van der Waals surface area contributed by atoms with Gasteiger partial charge in [-0.25, -0.2) is 4.79 Å². The maximum atomic E-state index is 12.4. The second kappa shape index (κ2) is 8.26. The molecule has 1 unspecified atom stereocenters. The van der Waals surface area contributed by atoms with Crippen molar-refractivity contribution in [1.82, 2.24) is 14.5 Å². The quantitative estimate of drug-likeness (QED) is 0.500. The van der Waals surface area contributed by atoms with Gasteiger partial charge in [-0.2, -0.15) is 0 Å². The summed E-state index contributed by atoms with van der Waals surface area (Å²) in [6.07, 6.45) is 0.911. The summed E-state index contributed by atoms with van der Waals surface area (Å²) >= 11 is 0. The van der Waals surface area contributed by atoms with Gasteiger partial charge in [0, 0.05) is 25.7 Å². The number of likely N-dealkylation sites (tertiary alicyclic amines) is 1. The van der Waals surface area contributed by atoms with Crippen LogP contribution in [0.2, 0.25) is 0 Å². The number of nitrogens with zero attached hydrogens (tertiary/aromatic N) is 2. The molecule has 7 nitrogen and oxygen atoms in total. The van der Waals surface area contributed by atoms with Gasteiger partial charge in [0.05, 0.1) is 17.1 Å². The van der Waals surface area contributed by atoms with Crippen molar-refractivity contribution in [2.24, 2.45) is 0 Å². The Balaban J connectivity index is 0.00000225. The summed E-state index contributed by atoms with van der Waals surface area (Å²) in [7, 11) is 0. The molecule has 0 aliphatic carbocycles. The number of hydrogen-bond donors (Lipinski definition) is 4. The molecule has 0 amide bonds. The van der Waals surface area contributed by atoms with E-state index in [1.807, 2.05) is 28.8 Å². The summed E-state index contributed by atoms with van der Waals surface area (Å²) in [6.45, 7) is 2.00. The van der Waals surface area contributed by atoms with Crippen molar-refractivity contribution >= 4 is 23.4 Å². The zero-order valence-corrected chi connectivity index (χ0v) is 16.1. The number of halogens is 1. The molecule has 1 fully saturated rings. The van der Waals surface area contributed by atoms with Crippen LogP contribution >= 0.6 is 12.4 Å². The molecule has 0 spiro atoms. The van der Waals surface area contributed by atoms with Gasteiger partial charge in [-0.1, -0.05) is 18.2 Å². The number of aromatic hydroxyl groups is 2. The van der Waals surface area contributed by atoms with E-state index in [4.69, 9.17) is 0 Å². The summed E-state index contributed by atoms with van der Waals surface area (Å²) in [5.74, 6) is -0.431. The third-order valence-electron chi connectivity index (χ3n) is 5.36. The number of H-pyrrole nitrogens is 1. The summed E-state index contributed by atoms with van der Waals surface area (Å²) in [6, 6.07) is 12.2. The van der Waals surface area contributed by atoms with E-state index in [-0.39, 0.29) is 35.6 Å². The Morgan fingerprint density at radius 2 is 1.79 bits per heavy atom. The SMILES string of the molecule is Cl.O=c1[nH]c2ccccc2n1C1CCN(CC(O)c2ccc(O)c(O)c2)CC1. The van der Waals surface area contributed by atoms with E-state index in [9.17, 15) is 20.1 Å². The summed E-state index contributed by atoms with van der Waals surface area (Å²) in [5, 5.41) is 29.4. The lowest BCUT2D eigenvalue weighted by Gasteiger charge is -2.33. The van der Waals surface area contributed by atoms with Gasteiger partial charge < -0.3 is 25.2 Å². The number of para-hydroxylation sites is 2. The van der Waals surface area contributed by atoms with Crippen molar-refractivity contribution < 1.29 is 15.3 Å². The smallest absolute Gasteiger partial charge is 0.326 e. The number of hydrogen-bond acceptors (Lipinski definition) is 5. The highest BCUT2D eigenvalue weighted by molar-refractivity contribution is 5.85. The number of β-amino-alcohol motifs (C(OH)–C–C–N with tert-alkyl or cyclic N) is 1. The molecule has 1 aliphatic rings. The molecule has 2 aromatic carbocycles. The van der Waals surface area contributed by atoms with Gasteiger partial charge in [-0.3, -0.25) is 4.57 Å². The maximum Gasteiger partial charge on any atom is 0.326 e. The number of phenolic OH excluding ortho intramolecular Hbond substituents is 2. The van der Waals surface area contributed by atoms with Crippen molar-refractivity contribution in [1.29, 1.82) is 0 Å². The Morgan fingerprint density at radius 1 is 1.07 bits per heavy atom. The Bertz CT molecular complexity index is 1010. The predicted octanol–water partition coefficient (Wildman–Crippen LogP) is 2.53. The first-order valence-corrected chi connectivity index (χ1v) is 9.14. The largest absolute Gasteiger partial charge is 0.504 e. The minimum absolute atomic E-state index is 0. The lowest BCUT2D eigenvalue weighted by molar-refractivity contribution is 0.0905. The molecular weight excluding hydrogens is 382 g/mol. The number of aliphatic hydroxyl groups excluding tert-OH is 1. The van der Waals surface area contributed by atoms with Crippen molar-refractivity contribution in [3.63, 3.8) is 0 Å². The average molecular weight is 406 g/mol. The number of fused-ring (bicyclic) bond motifs is 1. The molecule has 1 aliphatic heterocycles. The fourth-order valence-electron chi connectivity index (χ4n) is 3.89. The minimum Gasteiger partial charge on any atom is -0.504 e. The molecule has 0 radical (unpaired) electrons. The number of aliphatic hydroxyl groups is 1. The highest BCUT2D eigenvalue weighted by Gasteiger charge is 2.25. The summed E-state index contributed by atoms with van der Waals surface area (Å²) in [4.78, 5) is 17.4. The fraction of sp³-hybridized carbons (Fsp3) is 0.350. The standard InChI is InChI=1S/C20H23N3O4.ClH/c24-17-6-5-13(11-18(17)25)19(26)12-22-9-7-14(8-10-22)23-16-4-2-1-3-15(16)21-20(23)27;/h1-6,11,14,19,24-26H,7-10,12H2,(H,21,27);1H. The lowest BCUT2D eigenvalue weighted by Crippen LogP contribution is -2.39. The monoisotopic (exact) mass is 405 g/mol. The fourth-order valence-corrected chi connectivity index (χ4v) is 3.89. The minimum atomic E-state index is -0.746. The van der Waals surface area contributed by atoms with E-state index in [0.29, 0.717) is 12.1 Å². The van der Waals surface area contributed by atoms with Crippen LogP contribution in [0.1, 0.15) is 30.6 Å². The first kappa shape index (κ1) is 20.3. The van der Waals surface area contributed by atoms with Gasteiger partial charge >= 0.3 is 5.69 Å². The van der Waals surface area contributed by atoms with Crippen LogP contribution in [0.15, 0.2) is 47.3 Å². The zero-order chi connectivity index (χ0) is 19.0. The third kappa shape index (κ3) is 3.87. The molecule has 1 saturated heterocycles. The van der Waals surface area contributed by atoms with Crippen molar-refractivity contribution in [2.45, 2.75) is 25.0 Å². The Kier molecular flexibility index (Phi) is 5.98. The van der Waals surface area contributed by atoms with Crippen LogP contribution < -0.4 is 5.69 Å². The van der Waals surface area contributed by atoms with Crippen molar-refractivity contribution in [2.75, 3.05) is 19.6 Å². The van der Waals surface area contributed by atoms with Crippen LogP contribution in [-0.2, 0) is 0 Å². The molecule has 2 heterocycles. The van der Waals surface area contributed by atoms with E-state index in [1.165, 1.54) is 12.1 Å². The Hall–Kier alpha value is -2.48. The van der Waals surface area contributed by atoms with Crippen molar-refractivity contribution in [3.8, 4) is 11.5 Å². The summed E-state index contributed by atoms with van der Waals surface area (Å²) < 4.78 is 1.85. The summed E-state index contributed by atoms with van der Waals surface area (Å²) in [5.41, 5.74) is 2.28. The van der Waals surface area contributed by atoms with Crippen LogP contribution in [0.4, 0.5) is 0 Å².